The summed E-state index contributed by atoms with van der Waals surface area (Å²) in [6.07, 6.45) is 8.73. The van der Waals surface area contributed by atoms with Crippen molar-refractivity contribution >= 4 is 17.4 Å². The molecule has 0 aliphatic carbocycles. The van der Waals surface area contributed by atoms with Crippen LogP contribution in [-0.2, 0) is 6.42 Å². The molecule has 1 heterocycles. The van der Waals surface area contributed by atoms with Gasteiger partial charge in [0.2, 0.25) is 0 Å². The molecule has 0 N–H and O–H groups in total. The van der Waals surface area contributed by atoms with E-state index in [0.717, 1.165) is 49.6 Å². The Hall–Kier alpha value is -1.81. The number of hydrogen-bond donors (Lipinski definition) is 0. The average Bonchev–Trinajstić information content (AvgIpc) is 2.68. The van der Waals surface area contributed by atoms with Crippen LogP contribution in [0.4, 0.5) is 5.82 Å². The fourth-order valence-corrected chi connectivity index (χ4v) is 3.43. The zero-order chi connectivity index (χ0) is 20.4. The van der Waals surface area contributed by atoms with Gasteiger partial charge in [-0.3, -0.25) is 0 Å². The predicted molar refractivity (Wildman–Crippen MR) is 119 cm³/mol. The molecule has 2 rings (SSSR count). The van der Waals surface area contributed by atoms with Crippen LogP contribution in [0, 0.1) is 13.8 Å². The fraction of sp³-hybridized carbons (Fsp3) is 0.565. The highest BCUT2D eigenvalue weighted by Crippen LogP contribution is 2.25. The molecule has 0 radical (unpaired) electrons. The van der Waals surface area contributed by atoms with E-state index in [2.05, 4.69) is 53.8 Å². The number of ether oxygens (including phenoxy) is 1. The first-order chi connectivity index (χ1) is 13.6. The maximum atomic E-state index is 6.45. The fourth-order valence-electron chi connectivity index (χ4n) is 3.21. The Morgan fingerprint density at radius 2 is 1.79 bits per heavy atom. The van der Waals surface area contributed by atoms with Gasteiger partial charge < -0.3 is 9.64 Å². The summed E-state index contributed by atoms with van der Waals surface area (Å²) in [5, 5.41) is 0.631. The summed E-state index contributed by atoms with van der Waals surface area (Å²) >= 11 is 6.45. The Morgan fingerprint density at radius 1 is 1.00 bits per heavy atom. The first-order valence-corrected chi connectivity index (χ1v) is 10.9. The molecule has 28 heavy (non-hydrogen) atoms. The lowest BCUT2D eigenvalue weighted by atomic mass is 10.0. The van der Waals surface area contributed by atoms with Crippen molar-refractivity contribution in [2.45, 2.75) is 66.2 Å². The van der Waals surface area contributed by atoms with E-state index in [1.165, 1.54) is 30.4 Å². The van der Waals surface area contributed by atoms with Gasteiger partial charge in [0.15, 0.2) is 5.82 Å². The smallest absolute Gasteiger partial charge is 0.151 e. The molecule has 0 fully saturated rings. The van der Waals surface area contributed by atoms with Gasteiger partial charge >= 0.3 is 0 Å². The predicted octanol–water partition coefficient (Wildman–Crippen LogP) is 6.17. The summed E-state index contributed by atoms with van der Waals surface area (Å²) in [6, 6.07) is 6.55. The SMILES string of the molecule is CCCCCc1ccc(OCCN(CCCC)c2ncnc(C)c2Cl)c(C)c1. The van der Waals surface area contributed by atoms with E-state index in [9.17, 15) is 0 Å². The molecule has 0 spiro atoms. The van der Waals surface area contributed by atoms with Gasteiger partial charge in [0.25, 0.3) is 0 Å². The van der Waals surface area contributed by atoms with Crippen molar-refractivity contribution in [2.24, 2.45) is 0 Å². The normalized spacial score (nSPS) is 10.9. The summed E-state index contributed by atoms with van der Waals surface area (Å²) in [7, 11) is 0. The third-order valence-corrected chi connectivity index (χ3v) is 5.40. The van der Waals surface area contributed by atoms with Crippen LogP contribution in [0.2, 0.25) is 5.02 Å². The number of hydrogen-bond acceptors (Lipinski definition) is 4. The van der Waals surface area contributed by atoms with E-state index in [-0.39, 0.29) is 0 Å². The van der Waals surface area contributed by atoms with Crippen LogP contribution in [-0.4, -0.2) is 29.7 Å². The topological polar surface area (TPSA) is 38.2 Å². The maximum absolute atomic E-state index is 6.45. The largest absolute Gasteiger partial charge is 0.491 e. The van der Waals surface area contributed by atoms with Crippen molar-refractivity contribution in [3.8, 4) is 5.75 Å². The molecule has 0 aliphatic rings. The summed E-state index contributed by atoms with van der Waals surface area (Å²) in [4.78, 5) is 10.8. The molecule has 1 aromatic carbocycles. The van der Waals surface area contributed by atoms with Crippen LogP contribution in [0.25, 0.3) is 0 Å². The van der Waals surface area contributed by atoms with E-state index >= 15 is 0 Å². The van der Waals surface area contributed by atoms with Gasteiger partial charge in [-0.2, -0.15) is 0 Å². The summed E-state index contributed by atoms with van der Waals surface area (Å²) < 4.78 is 6.09. The monoisotopic (exact) mass is 403 g/mol. The highest BCUT2D eigenvalue weighted by atomic mass is 35.5. The summed E-state index contributed by atoms with van der Waals surface area (Å²) in [5.41, 5.74) is 3.40. The van der Waals surface area contributed by atoms with Crippen LogP contribution in [0.5, 0.6) is 5.75 Å². The molecular weight excluding hydrogens is 370 g/mol. The number of aromatic nitrogens is 2. The van der Waals surface area contributed by atoms with Crippen LogP contribution >= 0.6 is 11.6 Å². The number of rotatable bonds is 12. The second-order valence-corrected chi connectivity index (χ2v) is 7.72. The van der Waals surface area contributed by atoms with E-state index in [4.69, 9.17) is 16.3 Å². The zero-order valence-corrected chi connectivity index (χ0v) is 18.6. The van der Waals surface area contributed by atoms with Crippen molar-refractivity contribution in [3.05, 3.63) is 46.4 Å². The van der Waals surface area contributed by atoms with Crippen LogP contribution in [0.3, 0.4) is 0 Å². The number of benzene rings is 1. The van der Waals surface area contributed by atoms with Gasteiger partial charge in [-0.1, -0.05) is 56.8 Å². The van der Waals surface area contributed by atoms with Crippen molar-refractivity contribution in [3.63, 3.8) is 0 Å². The van der Waals surface area contributed by atoms with Gasteiger partial charge in [-0.25, -0.2) is 9.97 Å². The number of unbranched alkanes of at least 4 members (excludes halogenated alkanes) is 3. The molecule has 0 aliphatic heterocycles. The van der Waals surface area contributed by atoms with Gasteiger partial charge in [0.05, 0.1) is 12.2 Å². The van der Waals surface area contributed by atoms with Gasteiger partial charge in [0, 0.05) is 6.54 Å². The Labute approximate surface area is 175 Å². The van der Waals surface area contributed by atoms with Crippen LogP contribution in [0.15, 0.2) is 24.5 Å². The molecule has 154 valence electrons. The van der Waals surface area contributed by atoms with Crippen molar-refractivity contribution in [1.29, 1.82) is 0 Å². The Bertz CT molecular complexity index is 736. The van der Waals surface area contributed by atoms with Gasteiger partial charge in [0.1, 0.15) is 23.7 Å². The van der Waals surface area contributed by atoms with Gasteiger partial charge in [-0.15, -0.1) is 0 Å². The quantitative estimate of drug-likeness (QED) is 0.397. The third kappa shape index (κ3) is 6.66. The third-order valence-electron chi connectivity index (χ3n) is 4.95. The molecule has 2 aromatic rings. The van der Waals surface area contributed by atoms with E-state index < -0.39 is 0 Å². The Kier molecular flexibility index (Phi) is 9.56. The minimum atomic E-state index is 0.596. The first kappa shape index (κ1) is 22.5. The number of anilines is 1. The van der Waals surface area contributed by atoms with E-state index in [1.807, 2.05) is 6.92 Å². The lowest BCUT2D eigenvalue weighted by Gasteiger charge is -2.25. The molecule has 0 saturated heterocycles. The average molecular weight is 404 g/mol. The number of halogens is 1. The second-order valence-electron chi connectivity index (χ2n) is 7.34. The molecule has 0 amide bonds. The molecule has 0 bridgehead atoms. The minimum absolute atomic E-state index is 0.596. The first-order valence-electron chi connectivity index (χ1n) is 10.5. The highest BCUT2D eigenvalue weighted by molar-refractivity contribution is 6.33. The Morgan fingerprint density at radius 3 is 2.50 bits per heavy atom. The second kappa shape index (κ2) is 11.9. The molecule has 1 aromatic heterocycles. The van der Waals surface area contributed by atoms with Crippen molar-refractivity contribution in [2.75, 3.05) is 24.6 Å². The number of nitrogens with zero attached hydrogens (tertiary/aromatic N) is 3. The highest BCUT2D eigenvalue weighted by Gasteiger charge is 2.14. The van der Waals surface area contributed by atoms with Crippen LogP contribution < -0.4 is 9.64 Å². The summed E-state index contributed by atoms with van der Waals surface area (Å²) in [5.74, 6) is 1.76. The van der Waals surface area contributed by atoms with Gasteiger partial charge in [-0.05, 0) is 50.3 Å². The lowest BCUT2D eigenvalue weighted by molar-refractivity contribution is 0.320. The van der Waals surface area contributed by atoms with E-state index in [0.29, 0.717) is 11.6 Å². The lowest BCUT2D eigenvalue weighted by Crippen LogP contribution is -2.30. The Balaban J connectivity index is 1.97. The molecule has 4 nitrogen and oxygen atoms in total. The van der Waals surface area contributed by atoms with E-state index in [1.54, 1.807) is 6.33 Å². The summed E-state index contributed by atoms with van der Waals surface area (Å²) in [6.45, 7) is 10.7. The molecule has 5 heteroatoms. The van der Waals surface area contributed by atoms with Crippen molar-refractivity contribution < 1.29 is 4.74 Å². The molecular formula is C23H34ClN3O. The molecule has 0 saturated carbocycles. The maximum Gasteiger partial charge on any atom is 0.151 e. The molecule has 0 unspecified atom stereocenters. The standard InChI is InChI=1S/C23H34ClN3O/c1-5-7-9-10-20-11-12-21(18(3)16-20)28-15-14-27(13-8-6-2)23-22(24)19(4)25-17-26-23/h11-12,16-17H,5-10,13-15H2,1-4H3. The zero-order valence-electron chi connectivity index (χ0n) is 17.8. The molecule has 0 atom stereocenters. The van der Waals surface area contributed by atoms with Crippen LogP contribution in [0.1, 0.15) is 62.8 Å². The van der Waals surface area contributed by atoms with Crippen molar-refractivity contribution in [1.82, 2.24) is 9.97 Å². The number of aryl methyl sites for hydroxylation is 3. The minimum Gasteiger partial charge on any atom is -0.491 e.